The van der Waals surface area contributed by atoms with Crippen molar-refractivity contribution in [1.29, 1.82) is 0 Å². The molecule has 1 aliphatic rings. The van der Waals surface area contributed by atoms with Crippen molar-refractivity contribution in [2.24, 2.45) is 0 Å². The van der Waals surface area contributed by atoms with Crippen molar-refractivity contribution in [3.05, 3.63) is 35.4 Å². The van der Waals surface area contributed by atoms with Crippen molar-refractivity contribution in [1.82, 2.24) is 4.90 Å². The average molecular weight is 193 g/mol. The Labute approximate surface area is 82.3 Å². The third-order valence-electron chi connectivity index (χ3n) is 2.58. The van der Waals surface area contributed by atoms with Crippen molar-refractivity contribution < 1.29 is 0 Å². The zero-order valence-electron chi connectivity index (χ0n) is 7.87. The Bertz CT molecular complexity index is 260. The maximum Gasteiger partial charge on any atom is 0.0240 e. The summed E-state index contributed by atoms with van der Waals surface area (Å²) < 4.78 is 0. The molecule has 1 aromatic rings. The van der Waals surface area contributed by atoms with E-state index >= 15 is 0 Å². The molecule has 0 amide bonds. The predicted molar refractivity (Wildman–Crippen MR) is 59.8 cm³/mol. The number of rotatable bonds is 3. The first kappa shape index (κ1) is 9.18. The van der Waals surface area contributed by atoms with Gasteiger partial charge in [0.05, 0.1) is 0 Å². The highest BCUT2D eigenvalue weighted by atomic mass is 31.0. The average Bonchev–Trinajstić information content (AvgIpc) is 2.57. The van der Waals surface area contributed by atoms with Crippen LogP contribution in [0.5, 0.6) is 0 Å². The number of benzene rings is 1. The van der Waals surface area contributed by atoms with Gasteiger partial charge in [0.25, 0.3) is 0 Å². The van der Waals surface area contributed by atoms with Crippen molar-refractivity contribution in [3.63, 3.8) is 0 Å². The summed E-state index contributed by atoms with van der Waals surface area (Å²) in [6.45, 7) is 3.54. The molecule has 1 nitrogen and oxygen atoms in total. The quantitative estimate of drug-likeness (QED) is 0.665. The molecule has 1 atom stereocenters. The van der Waals surface area contributed by atoms with Gasteiger partial charge in [-0.15, -0.1) is 9.24 Å². The first-order chi connectivity index (χ1) is 6.40. The second-order valence-electron chi connectivity index (χ2n) is 3.62. The Morgan fingerprint density at radius 3 is 2.31 bits per heavy atom. The smallest absolute Gasteiger partial charge is 0.0240 e. The zero-order valence-corrected chi connectivity index (χ0v) is 9.02. The Balaban J connectivity index is 1.97. The summed E-state index contributed by atoms with van der Waals surface area (Å²) in [5.74, 6) is 0. The summed E-state index contributed by atoms with van der Waals surface area (Å²) in [6.07, 6.45) is 2.51. The van der Waals surface area contributed by atoms with E-state index in [0.717, 1.165) is 13.1 Å². The van der Waals surface area contributed by atoms with Gasteiger partial charge in [-0.3, -0.25) is 4.90 Å². The molecule has 70 valence electrons. The molecule has 0 aliphatic carbocycles. The molecule has 0 saturated carbocycles. The topological polar surface area (TPSA) is 3.24 Å². The predicted octanol–water partition coefficient (Wildman–Crippen LogP) is 2.27. The van der Waals surface area contributed by atoms with Gasteiger partial charge in [-0.05, 0) is 30.3 Å². The van der Waals surface area contributed by atoms with Crippen LogP contribution in [-0.2, 0) is 13.1 Å². The molecule has 0 aromatic heterocycles. The van der Waals surface area contributed by atoms with Gasteiger partial charge in [0.15, 0.2) is 0 Å². The monoisotopic (exact) mass is 193 g/mol. The van der Waals surface area contributed by atoms with Crippen LogP contribution in [0.3, 0.4) is 0 Å². The summed E-state index contributed by atoms with van der Waals surface area (Å²) in [4.78, 5) is 2.52. The van der Waals surface area contributed by atoms with E-state index < -0.39 is 0 Å². The fraction of sp³-hybridized carbons (Fsp3) is 0.455. The Morgan fingerprint density at radius 2 is 1.77 bits per heavy atom. The molecule has 0 fully saturated rings. The fourth-order valence-corrected chi connectivity index (χ4v) is 2.06. The first-order valence-corrected chi connectivity index (χ1v) is 5.71. The first-order valence-electron chi connectivity index (χ1n) is 4.89. The Kier molecular flexibility index (Phi) is 2.97. The van der Waals surface area contributed by atoms with Gasteiger partial charge in [-0.1, -0.05) is 24.3 Å². The maximum atomic E-state index is 2.79. The van der Waals surface area contributed by atoms with Gasteiger partial charge in [-0.2, -0.15) is 0 Å². The van der Waals surface area contributed by atoms with Crippen LogP contribution in [0.25, 0.3) is 0 Å². The summed E-state index contributed by atoms with van der Waals surface area (Å²) in [6, 6.07) is 8.77. The highest BCUT2D eigenvalue weighted by Crippen LogP contribution is 2.21. The Morgan fingerprint density at radius 1 is 1.15 bits per heavy atom. The van der Waals surface area contributed by atoms with Crippen LogP contribution in [-0.4, -0.2) is 17.6 Å². The van der Waals surface area contributed by atoms with Crippen LogP contribution in [0.15, 0.2) is 24.3 Å². The lowest BCUT2D eigenvalue weighted by Gasteiger charge is -2.13. The second kappa shape index (κ2) is 4.21. The van der Waals surface area contributed by atoms with Crippen molar-refractivity contribution in [3.8, 4) is 0 Å². The van der Waals surface area contributed by atoms with E-state index in [1.54, 1.807) is 0 Å². The fourth-order valence-electron chi connectivity index (χ4n) is 1.88. The van der Waals surface area contributed by atoms with Gasteiger partial charge in [0.2, 0.25) is 0 Å². The van der Waals surface area contributed by atoms with Gasteiger partial charge < -0.3 is 0 Å². The highest BCUT2D eigenvalue weighted by Gasteiger charge is 2.16. The lowest BCUT2D eigenvalue weighted by Crippen LogP contribution is -2.17. The van der Waals surface area contributed by atoms with Gasteiger partial charge >= 0.3 is 0 Å². The van der Waals surface area contributed by atoms with Crippen molar-refractivity contribution in [2.45, 2.75) is 19.5 Å². The van der Waals surface area contributed by atoms with E-state index in [0.29, 0.717) is 0 Å². The maximum absolute atomic E-state index is 2.79. The molecule has 0 N–H and O–H groups in total. The number of hydrogen-bond acceptors (Lipinski definition) is 1. The van der Waals surface area contributed by atoms with E-state index in [2.05, 4.69) is 38.4 Å². The summed E-state index contributed by atoms with van der Waals surface area (Å²) in [7, 11) is 2.79. The summed E-state index contributed by atoms with van der Waals surface area (Å²) in [5, 5.41) is 0. The largest absolute Gasteiger partial charge is 0.295 e. The molecule has 1 unspecified atom stereocenters. The zero-order chi connectivity index (χ0) is 9.10. The van der Waals surface area contributed by atoms with E-state index in [9.17, 15) is 0 Å². The van der Waals surface area contributed by atoms with E-state index in [4.69, 9.17) is 0 Å². The molecule has 1 aliphatic heterocycles. The van der Waals surface area contributed by atoms with Crippen LogP contribution < -0.4 is 0 Å². The molecule has 0 radical (unpaired) electrons. The van der Waals surface area contributed by atoms with Crippen molar-refractivity contribution in [2.75, 3.05) is 12.7 Å². The molecule has 1 heterocycles. The van der Waals surface area contributed by atoms with Crippen LogP contribution in [0, 0.1) is 0 Å². The third kappa shape index (κ3) is 2.10. The van der Waals surface area contributed by atoms with Gasteiger partial charge in [0, 0.05) is 13.1 Å². The number of fused-ring (bicyclic) bond motifs is 1. The van der Waals surface area contributed by atoms with Gasteiger partial charge in [0.1, 0.15) is 0 Å². The lowest BCUT2D eigenvalue weighted by atomic mass is 10.1. The number of hydrogen-bond donors (Lipinski definition) is 0. The minimum atomic E-state index is 1.15. The summed E-state index contributed by atoms with van der Waals surface area (Å²) >= 11 is 0. The summed E-state index contributed by atoms with van der Waals surface area (Å²) in [5.41, 5.74) is 3.04. The van der Waals surface area contributed by atoms with E-state index in [1.807, 2.05) is 0 Å². The molecule has 2 rings (SSSR count). The minimum Gasteiger partial charge on any atom is -0.295 e. The highest BCUT2D eigenvalue weighted by molar-refractivity contribution is 7.16. The van der Waals surface area contributed by atoms with Crippen LogP contribution in [0.1, 0.15) is 17.5 Å². The lowest BCUT2D eigenvalue weighted by molar-refractivity contribution is 0.286. The van der Waals surface area contributed by atoms with Gasteiger partial charge in [-0.25, -0.2) is 0 Å². The molecule has 0 bridgehead atoms. The van der Waals surface area contributed by atoms with E-state index in [-0.39, 0.29) is 0 Å². The minimum absolute atomic E-state index is 1.15. The molecule has 2 heteroatoms. The molecule has 0 saturated heterocycles. The molecular formula is C11H16NP. The second-order valence-corrected chi connectivity index (χ2v) is 4.20. The van der Waals surface area contributed by atoms with Crippen LogP contribution >= 0.6 is 9.24 Å². The number of nitrogens with zero attached hydrogens (tertiary/aromatic N) is 1. The molecule has 1 aromatic carbocycles. The normalized spacial score (nSPS) is 16.1. The third-order valence-corrected chi connectivity index (χ3v) is 2.99. The van der Waals surface area contributed by atoms with Crippen LogP contribution in [0.2, 0.25) is 0 Å². The molecule has 13 heavy (non-hydrogen) atoms. The van der Waals surface area contributed by atoms with Crippen LogP contribution in [0.4, 0.5) is 0 Å². The molecular weight excluding hydrogens is 177 g/mol. The van der Waals surface area contributed by atoms with Crippen molar-refractivity contribution >= 4 is 9.24 Å². The SMILES string of the molecule is PCCCN1Cc2ccccc2C1. The molecule has 0 spiro atoms. The Hall–Kier alpha value is -0.390. The van der Waals surface area contributed by atoms with E-state index in [1.165, 1.54) is 30.3 Å². The standard InChI is InChI=1S/C11H16NP/c13-7-3-6-12-8-10-4-1-2-5-11(10)9-12/h1-2,4-5H,3,6-9,13H2.